The smallest absolute Gasteiger partial charge is 0.251 e. The molecule has 0 spiro atoms. The number of aliphatic hydroxyl groups excluding tert-OH is 1. The van der Waals surface area contributed by atoms with Gasteiger partial charge >= 0.3 is 0 Å². The minimum atomic E-state index is -0.414. The highest BCUT2D eigenvalue weighted by Gasteiger charge is 2.34. The molecule has 0 heterocycles. The fraction of sp³-hybridized carbons (Fsp3) is 0.500. The van der Waals surface area contributed by atoms with Crippen LogP contribution in [-0.2, 0) is 5.88 Å². The lowest BCUT2D eigenvalue weighted by atomic mass is 9.98. The average molecular weight is 268 g/mol. The molecule has 4 heteroatoms. The van der Waals surface area contributed by atoms with Gasteiger partial charge in [0.15, 0.2) is 0 Å². The molecule has 0 aliphatic heterocycles. The van der Waals surface area contributed by atoms with E-state index in [9.17, 15) is 9.90 Å². The zero-order chi connectivity index (χ0) is 13.0. The lowest BCUT2D eigenvalue weighted by Gasteiger charge is -2.28. The molecule has 1 aromatic carbocycles. The van der Waals surface area contributed by atoms with Crippen molar-refractivity contribution < 1.29 is 9.90 Å². The van der Waals surface area contributed by atoms with Gasteiger partial charge in [-0.15, -0.1) is 11.6 Å². The van der Waals surface area contributed by atoms with Crippen molar-refractivity contribution in [2.45, 2.75) is 37.1 Å². The third kappa shape index (κ3) is 2.85. The summed E-state index contributed by atoms with van der Waals surface area (Å²) in [4.78, 5) is 12.1. The van der Waals surface area contributed by atoms with E-state index in [1.54, 1.807) is 12.1 Å². The summed E-state index contributed by atoms with van der Waals surface area (Å²) >= 11 is 5.71. The van der Waals surface area contributed by atoms with Gasteiger partial charge in [0.1, 0.15) is 0 Å². The molecule has 0 unspecified atom stereocenters. The second-order valence-electron chi connectivity index (χ2n) is 4.93. The van der Waals surface area contributed by atoms with Gasteiger partial charge in [0, 0.05) is 11.4 Å². The van der Waals surface area contributed by atoms with E-state index < -0.39 is 5.54 Å². The summed E-state index contributed by atoms with van der Waals surface area (Å²) in [6.45, 7) is 0.0124. The maximum Gasteiger partial charge on any atom is 0.251 e. The third-order valence-electron chi connectivity index (χ3n) is 3.61. The second-order valence-corrected chi connectivity index (χ2v) is 5.20. The average Bonchev–Trinajstić information content (AvgIpc) is 2.88. The minimum absolute atomic E-state index is 0.0124. The minimum Gasteiger partial charge on any atom is -0.394 e. The molecule has 0 bridgehead atoms. The van der Waals surface area contributed by atoms with Gasteiger partial charge in [-0.25, -0.2) is 0 Å². The number of hydrogen-bond acceptors (Lipinski definition) is 2. The molecule has 0 saturated heterocycles. The lowest BCUT2D eigenvalue weighted by Crippen LogP contribution is -2.49. The van der Waals surface area contributed by atoms with Crippen LogP contribution in [0.1, 0.15) is 41.6 Å². The molecule has 1 aromatic rings. The first-order chi connectivity index (χ1) is 8.69. The van der Waals surface area contributed by atoms with Crippen molar-refractivity contribution in [3.63, 3.8) is 0 Å². The van der Waals surface area contributed by atoms with Crippen LogP contribution >= 0.6 is 11.6 Å². The molecule has 1 aliphatic carbocycles. The van der Waals surface area contributed by atoms with Crippen LogP contribution < -0.4 is 5.32 Å². The highest BCUT2D eigenvalue weighted by molar-refractivity contribution is 6.17. The quantitative estimate of drug-likeness (QED) is 0.824. The van der Waals surface area contributed by atoms with Crippen molar-refractivity contribution in [2.24, 2.45) is 0 Å². The topological polar surface area (TPSA) is 49.3 Å². The molecule has 3 nitrogen and oxygen atoms in total. The third-order valence-corrected chi connectivity index (χ3v) is 3.92. The Hall–Kier alpha value is -1.06. The first-order valence-electron chi connectivity index (χ1n) is 6.27. The van der Waals surface area contributed by atoms with Crippen molar-refractivity contribution in [1.29, 1.82) is 0 Å². The molecule has 1 aliphatic rings. The zero-order valence-corrected chi connectivity index (χ0v) is 11.0. The lowest BCUT2D eigenvalue weighted by molar-refractivity contribution is 0.0838. The Morgan fingerprint density at radius 1 is 1.28 bits per heavy atom. The van der Waals surface area contributed by atoms with Crippen molar-refractivity contribution >= 4 is 17.5 Å². The number of carbonyl (C=O) groups is 1. The number of rotatable bonds is 4. The predicted molar refractivity (Wildman–Crippen MR) is 71.8 cm³/mol. The van der Waals surface area contributed by atoms with Crippen LogP contribution in [0.15, 0.2) is 24.3 Å². The maximum atomic E-state index is 12.1. The fourth-order valence-electron chi connectivity index (χ4n) is 2.43. The van der Waals surface area contributed by atoms with Crippen LogP contribution in [0.3, 0.4) is 0 Å². The molecule has 2 rings (SSSR count). The largest absolute Gasteiger partial charge is 0.394 e. The van der Waals surface area contributed by atoms with Gasteiger partial charge in [0.05, 0.1) is 12.1 Å². The number of alkyl halides is 1. The normalized spacial score (nSPS) is 17.7. The second kappa shape index (κ2) is 5.72. The van der Waals surface area contributed by atoms with Crippen LogP contribution in [0.2, 0.25) is 0 Å². The fourth-order valence-corrected chi connectivity index (χ4v) is 2.61. The van der Waals surface area contributed by atoms with Gasteiger partial charge in [-0.2, -0.15) is 0 Å². The molecule has 2 N–H and O–H groups in total. The van der Waals surface area contributed by atoms with Crippen molar-refractivity contribution in [3.8, 4) is 0 Å². The van der Waals surface area contributed by atoms with Crippen LogP contribution in [0.5, 0.6) is 0 Å². The zero-order valence-electron chi connectivity index (χ0n) is 10.3. The molecule has 0 aromatic heterocycles. The molecule has 1 fully saturated rings. The number of amides is 1. The van der Waals surface area contributed by atoms with Crippen molar-refractivity contribution in [3.05, 3.63) is 35.4 Å². The Balaban J connectivity index is 2.06. The first-order valence-corrected chi connectivity index (χ1v) is 6.81. The standard InChI is InChI=1S/C14H18ClNO2/c15-9-11-3-5-12(6-4-11)13(18)16-14(10-17)7-1-2-8-14/h3-6,17H,1-2,7-10H2,(H,16,18). The molecule has 0 radical (unpaired) electrons. The number of hydrogen-bond donors (Lipinski definition) is 2. The van der Waals surface area contributed by atoms with E-state index in [-0.39, 0.29) is 12.5 Å². The van der Waals surface area contributed by atoms with Crippen molar-refractivity contribution in [2.75, 3.05) is 6.61 Å². The molecule has 0 atom stereocenters. The number of nitrogens with one attached hydrogen (secondary N) is 1. The monoisotopic (exact) mass is 267 g/mol. The SMILES string of the molecule is O=C(NC1(CO)CCCC1)c1ccc(CCl)cc1. The maximum absolute atomic E-state index is 12.1. The van der Waals surface area contributed by atoms with Gasteiger partial charge in [-0.05, 0) is 30.5 Å². The Kier molecular flexibility index (Phi) is 4.25. The van der Waals surface area contributed by atoms with E-state index in [1.807, 2.05) is 12.1 Å². The summed E-state index contributed by atoms with van der Waals surface area (Å²) < 4.78 is 0. The molecular formula is C14H18ClNO2. The van der Waals surface area contributed by atoms with E-state index in [4.69, 9.17) is 11.6 Å². The van der Waals surface area contributed by atoms with Crippen LogP contribution in [0, 0.1) is 0 Å². The summed E-state index contributed by atoms with van der Waals surface area (Å²) in [5.74, 6) is 0.328. The summed E-state index contributed by atoms with van der Waals surface area (Å²) in [5, 5.41) is 12.4. The highest BCUT2D eigenvalue weighted by Crippen LogP contribution is 2.29. The molecule has 1 amide bonds. The Labute approximate surface area is 112 Å². The Bertz CT molecular complexity index is 410. The number of benzene rings is 1. The summed E-state index contributed by atoms with van der Waals surface area (Å²) in [5.41, 5.74) is 1.19. The van der Waals surface area contributed by atoms with Gasteiger partial charge in [-0.1, -0.05) is 25.0 Å². The summed E-state index contributed by atoms with van der Waals surface area (Å²) in [6.07, 6.45) is 3.84. The summed E-state index contributed by atoms with van der Waals surface area (Å²) in [7, 11) is 0. The number of aliphatic hydroxyl groups is 1. The number of halogens is 1. The molecule has 1 saturated carbocycles. The Morgan fingerprint density at radius 3 is 2.39 bits per heavy atom. The van der Waals surface area contributed by atoms with Crippen LogP contribution in [0.4, 0.5) is 0 Å². The van der Waals surface area contributed by atoms with Gasteiger partial charge < -0.3 is 10.4 Å². The molecule has 98 valence electrons. The highest BCUT2D eigenvalue weighted by atomic mass is 35.5. The van der Waals surface area contributed by atoms with E-state index in [0.29, 0.717) is 11.4 Å². The molecular weight excluding hydrogens is 250 g/mol. The van der Waals surface area contributed by atoms with Gasteiger partial charge in [0.25, 0.3) is 5.91 Å². The number of carbonyl (C=O) groups excluding carboxylic acids is 1. The van der Waals surface area contributed by atoms with Crippen LogP contribution in [0.25, 0.3) is 0 Å². The van der Waals surface area contributed by atoms with Gasteiger partial charge in [0.2, 0.25) is 0 Å². The van der Waals surface area contributed by atoms with E-state index in [0.717, 1.165) is 31.2 Å². The van der Waals surface area contributed by atoms with Crippen molar-refractivity contribution in [1.82, 2.24) is 5.32 Å². The van der Waals surface area contributed by atoms with E-state index in [1.165, 1.54) is 0 Å². The predicted octanol–water partition coefficient (Wildman–Crippen LogP) is 2.46. The van der Waals surface area contributed by atoms with Gasteiger partial charge in [-0.3, -0.25) is 4.79 Å². The van der Waals surface area contributed by atoms with E-state index >= 15 is 0 Å². The summed E-state index contributed by atoms with van der Waals surface area (Å²) in [6, 6.07) is 7.24. The Morgan fingerprint density at radius 2 is 1.89 bits per heavy atom. The van der Waals surface area contributed by atoms with E-state index in [2.05, 4.69) is 5.32 Å². The van der Waals surface area contributed by atoms with Crippen LogP contribution in [-0.4, -0.2) is 23.2 Å². The molecule has 18 heavy (non-hydrogen) atoms. The first kappa shape index (κ1) is 13.4.